The van der Waals surface area contributed by atoms with Gasteiger partial charge in [-0.15, -0.1) is 0 Å². The summed E-state index contributed by atoms with van der Waals surface area (Å²) in [5.41, 5.74) is 3.09. The number of nitrogens with zero attached hydrogens (tertiary/aromatic N) is 8. The van der Waals surface area contributed by atoms with Crippen molar-refractivity contribution in [2.45, 2.75) is 6.42 Å². The van der Waals surface area contributed by atoms with E-state index in [0.29, 0.717) is 24.3 Å². The molecule has 0 aliphatic rings. The van der Waals surface area contributed by atoms with E-state index in [4.69, 9.17) is 0 Å². The van der Waals surface area contributed by atoms with Gasteiger partial charge in [0, 0.05) is 50.2 Å². The molecule has 0 aliphatic heterocycles. The lowest BCUT2D eigenvalue weighted by Gasteiger charge is -2.21. The van der Waals surface area contributed by atoms with Crippen LogP contribution in [0, 0.1) is 0 Å². The zero-order valence-corrected chi connectivity index (χ0v) is 19.7. The summed E-state index contributed by atoms with van der Waals surface area (Å²) in [4.78, 5) is 26.1. The van der Waals surface area contributed by atoms with Crippen molar-refractivity contribution in [3.63, 3.8) is 0 Å². The number of sulfonamides is 1. The Morgan fingerprint density at radius 3 is 2.71 bits per heavy atom. The zero-order chi connectivity index (χ0) is 24.6. The number of aryl methyl sites for hydroxylation is 1. The minimum Gasteiger partial charge on any atom is -0.350 e. The molecular formula is C22H21N9O3S. The van der Waals surface area contributed by atoms with Crippen molar-refractivity contribution in [1.29, 1.82) is 0 Å². The van der Waals surface area contributed by atoms with E-state index in [1.54, 1.807) is 25.5 Å². The van der Waals surface area contributed by atoms with Gasteiger partial charge < -0.3 is 5.32 Å². The molecule has 0 saturated carbocycles. The van der Waals surface area contributed by atoms with Gasteiger partial charge in [0.05, 0.1) is 35.4 Å². The van der Waals surface area contributed by atoms with Gasteiger partial charge in [0.25, 0.3) is 5.91 Å². The Balaban J connectivity index is 1.41. The van der Waals surface area contributed by atoms with E-state index in [2.05, 4.69) is 30.5 Å². The molecule has 5 aromatic rings. The van der Waals surface area contributed by atoms with Gasteiger partial charge in [-0.25, -0.2) is 17.7 Å². The van der Waals surface area contributed by atoms with E-state index in [-0.39, 0.29) is 11.5 Å². The lowest BCUT2D eigenvalue weighted by molar-refractivity contribution is 0.0949. The minimum atomic E-state index is -3.79. The lowest BCUT2D eigenvalue weighted by Crippen LogP contribution is -2.30. The van der Waals surface area contributed by atoms with Crippen molar-refractivity contribution < 1.29 is 13.2 Å². The van der Waals surface area contributed by atoms with Gasteiger partial charge in [0.2, 0.25) is 10.0 Å². The van der Waals surface area contributed by atoms with E-state index in [0.717, 1.165) is 27.3 Å². The Hall–Kier alpha value is -4.39. The standard InChI is InChI=1S/C22H21N9O3S/c1-29-14-16(13-26-29)31(35(2,33)34)21-12-19(28-20-8-11-25-30(20)21)22(32)24-10-7-15-5-6-17-18(27-15)4-3-9-23-17/h3-6,8-9,11-14H,7,10H2,1-2H3,(H,24,32). The van der Waals surface area contributed by atoms with E-state index in [1.807, 2.05) is 24.3 Å². The third kappa shape index (κ3) is 4.53. The Labute approximate surface area is 200 Å². The third-order valence-electron chi connectivity index (χ3n) is 5.22. The van der Waals surface area contributed by atoms with Crippen LogP contribution in [-0.2, 0) is 23.5 Å². The number of carbonyl (C=O) groups excluding carboxylic acids is 1. The van der Waals surface area contributed by atoms with E-state index < -0.39 is 15.9 Å². The fourth-order valence-electron chi connectivity index (χ4n) is 3.70. The number of rotatable bonds is 7. The Kier molecular flexibility index (Phi) is 5.61. The third-order valence-corrected chi connectivity index (χ3v) is 6.28. The highest BCUT2D eigenvalue weighted by molar-refractivity contribution is 7.92. The molecule has 0 aromatic carbocycles. The molecular weight excluding hydrogens is 470 g/mol. The molecule has 0 atom stereocenters. The molecule has 0 bridgehead atoms. The van der Waals surface area contributed by atoms with Gasteiger partial charge in [-0.1, -0.05) is 0 Å². The first kappa shape index (κ1) is 22.4. The lowest BCUT2D eigenvalue weighted by atomic mass is 10.2. The molecule has 1 amide bonds. The summed E-state index contributed by atoms with van der Waals surface area (Å²) in [7, 11) is -2.11. The number of fused-ring (bicyclic) bond motifs is 2. The van der Waals surface area contributed by atoms with Gasteiger partial charge in [0.15, 0.2) is 11.5 Å². The molecule has 0 radical (unpaired) electrons. The van der Waals surface area contributed by atoms with Crippen molar-refractivity contribution in [1.82, 2.24) is 39.7 Å². The van der Waals surface area contributed by atoms with Crippen molar-refractivity contribution in [3.8, 4) is 0 Å². The van der Waals surface area contributed by atoms with E-state index in [1.165, 1.54) is 27.7 Å². The molecule has 5 aromatic heterocycles. The summed E-state index contributed by atoms with van der Waals surface area (Å²) < 4.78 is 29.4. The molecule has 5 rings (SSSR count). The SMILES string of the molecule is Cn1cc(N(c2cc(C(=O)NCCc3ccc4ncccc4n3)nc3ccnn23)S(C)(=O)=O)cn1. The van der Waals surface area contributed by atoms with Crippen LogP contribution < -0.4 is 9.62 Å². The van der Waals surface area contributed by atoms with Gasteiger partial charge >= 0.3 is 0 Å². The molecule has 35 heavy (non-hydrogen) atoms. The van der Waals surface area contributed by atoms with Crippen LogP contribution in [0.4, 0.5) is 11.5 Å². The highest BCUT2D eigenvalue weighted by atomic mass is 32.2. The smallest absolute Gasteiger partial charge is 0.270 e. The minimum absolute atomic E-state index is 0.0567. The first-order valence-corrected chi connectivity index (χ1v) is 12.5. The fourth-order valence-corrected chi connectivity index (χ4v) is 4.64. The summed E-state index contributed by atoms with van der Waals surface area (Å²) in [5.74, 6) is -0.304. The average Bonchev–Trinajstić information content (AvgIpc) is 3.47. The number of carbonyl (C=O) groups is 1. The molecule has 0 fully saturated rings. The van der Waals surface area contributed by atoms with Crippen LogP contribution in [0.2, 0.25) is 0 Å². The topological polar surface area (TPSA) is 140 Å². The quantitative estimate of drug-likeness (QED) is 0.361. The van der Waals surface area contributed by atoms with Crippen LogP contribution in [0.5, 0.6) is 0 Å². The van der Waals surface area contributed by atoms with Crippen molar-refractivity contribution >= 4 is 44.1 Å². The number of hydrogen-bond acceptors (Lipinski definition) is 8. The largest absolute Gasteiger partial charge is 0.350 e. The van der Waals surface area contributed by atoms with Crippen molar-refractivity contribution in [2.75, 3.05) is 17.1 Å². The van der Waals surface area contributed by atoms with Crippen LogP contribution in [-0.4, -0.2) is 61.5 Å². The van der Waals surface area contributed by atoms with Gasteiger partial charge in [-0.2, -0.15) is 14.7 Å². The Morgan fingerprint density at radius 2 is 1.94 bits per heavy atom. The summed E-state index contributed by atoms with van der Waals surface area (Å²) in [6.07, 6.45) is 7.75. The predicted octanol–water partition coefficient (Wildman–Crippen LogP) is 1.48. The number of hydrogen-bond donors (Lipinski definition) is 1. The predicted molar refractivity (Wildman–Crippen MR) is 129 cm³/mol. The van der Waals surface area contributed by atoms with Crippen molar-refractivity contribution in [3.05, 3.63) is 72.6 Å². The molecule has 13 heteroatoms. The van der Waals surface area contributed by atoms with Crippen LogP contribution >= 0.6 is 0 Å². The highest BCUT2D eigenvalue weighted by Gasteiger charge is 2.26. The summed E-state index contributed by atoms with van der Waals surface area (Å²) in [6.45, 7) is 0.317. The first-order valence-electron chi connectivity index (χ1n) is 10.6. The van der Waals surface area contributed by atoms with E-state index >= 15 is 0 Å². The van der Waals surface area contributed by atoms with E-state index in [9.17, 15) is 13.2 Å². The molecule has 0 spiro atoms. The second-order valence-corrected chi connectivity index (χ2v) is 9.68. The maximum atomic E-state index is 13.0. The Morgan fingerprint density at radius 1 is 1.09 bits per heavy atom. The summed E-state index contributed by atoms with van der Waals surface area (Å²) in [5, 5.41) is 11.1. The molecule has 5 heterocycles. The molecule has 0 aliphatic carbocycles. The van der Waals surface area contributed by atoms with Gasteiger partial charge in [-0.05, 0) is 24.3 Å². The number of aromatic nitrogens is 7. The molecule has 0 unspecified atom stereocenters. The second kappa shape index (κ2) is 8.76. The molecule has 12 nitrogen and oxygen atoms in total. The number of nitrogens with one attached hydrogen (secondary N) is 1. The maximum absolute atomic E-state index is 13.0. The number of amides is 1. The van der Waals surface area contributed by atoms with Crippen molar-refractivity contribution in [2.24, 2.45) is 7.05 Å². The number of pyridine rings is 2. The normalized spacial score (nSPS) is 11.7. The highest BCUT2D eigenvalue weighted by Crippen LogP contribution is 2.28. The van der Waals surface area contributed by atoms with Crippen LogP contribution in [0.15, 0.2) is 61.2 Å². The Bertz CT molecular complexity index is 1660. The van der Waals surface area contributed by atoms with Gasteiger partial charge in [0.1, 0.15) is 5.69 Å². The summed E-state index contributed by atoms with van der Waals surface area (Å²) in [6, 6.07) is 10.4. The molecule has 1 N–H and O–H groups in total. The second-order valence-electron chi connectivity index (χ2n) is 7.85. The number of anilines is 2. The monoisotopic (exact) mass is 491 g/mol. The average molecular weight is 492 g/mol. The fraction of sp³-hybridized carbons (Fsp3) is 0.182. The maximum Gasteiger partial charge on any atom is 0.270 e. The van der Waals surface area contributed by atoms with Crippen LogP contribution in [0.1, 0.15) is 16.2 Å². The first-order chi connectivity index (χ1) is 16.8. The van der Waals surface area contributed by atoms with Crippen LogP contribution in [0.3, 0.4) is 0 Å². The van der Waals surface area contributed by atoms with Crippen LogP contribution in [0.25, 0.3) is 16.7 Å². The van der Waals surface area contributed by atoms with Gasteiger partial charge in [-0.3, -0.25) is 19.4 Å². The zero-order valence-electron chi connectivity index (χ0n) is 18.9. The summed E-state index contributed by atoms with van der Waals surface area (Å²) >= 11 is 0. The molecule has 0 saturated heterocycles. The molecule has 178 valence electrons.